The number of fused-ring (bicyclic) bond motifs is 3. The Morgan fingerprint density at radius 2 is 2.12 bits per heavy atom. The molecule has 4 nitrogen and oxygen atoms in total. The van der Waals surface area contributed by atoms with Crippen LogP contribution in [0.2, 0.25) is 0 Å². The lowest BCUT2D eigenvalue weighted by atomic mass is 9.77. The van der Waals surface area contributed by atoms with Crippen LogP contribution in [0.3, 0.4) is 0 Å². The van der Waals surface area contributed by atoms with Crippen LogP contribution in [0.1, 0.15) is 20.3 Å². The van der Waals surface area contributed by atoms with E-state index in [0.29, 0.717) is 6.54 Å². The maximum absolute atomic E-state index is 12.2. The molecule has 0 saturated carbocycles. The van der Waals surface area contributed by atoms with Crippen LogP contribution in [0, 0.1) is 11.8 Å². The van der Waals surface area contributed by atoms with Crippen LogP contribution in [0.5, 0.6) is 0 Å². The van der Waals surface area contributed by atoms with Crippen molar-refractivity contribution in [1.82, 2.24) is 9.80 Å². The molecule has 3 rings (SSSR count). The number of ketones is 1. The molecular formula is C12H20N2O2. The molecule has 0 aromatic rings. The molecule has 0 aromatic heterocycles. The van der Waals surface area contributed by atoms with Crippen LogP contribution in [0.4, 0.5) is 0 Å². The number of amides is 1. The highest BCUT2D eigenvalue weighted by atomic mass is 16.2. The average molecular weight is 224 g/mol. The van der Waals surface area contributed by atoms with Crippen molar-refractivity contribution in [3.05, 3.63) is 0 Å². The lowest BCUT2D eigenvalue weighted by molar-refractivity contribution is -0.149. The Kier molecular flexibility index (Phi) is 3.28. The number of piperidine rings is 3. The molecule has 3 heterocycles. The van der Waals surface area contributed by atoms with Gasteiger partial charge in [-0.15, -0.1) is 0 Å². The van der Waals surface area contributed by atoms with Gasteiger partial charge in [-0.3, -0.25) is 14.5 Å². The zero-order valence-electron chi connectivity index (χ0n) is 10.1. The summed E-state index contributed by atoms with van der Waals surface area (Å²) in [7, 11) is 0. The summed E-state index contributed by atoms with van der Waals surface area (Å²) in [5.74, 6) is 0.365. The zero-order chi connectivity index (χ0) is 11.7. The van der Waals surface area contributed by atoms with Crippen LogP contribution in [0.15, 0.2) is 0 Å². The van der Waals surface area contributed by atoms with Gasteiger partial charge in [0.05, 0.1) is 12.5 Å². The highest BCUT2D eigenvalue weighted by Gasteiger charge is 2.44. The number of hydrogen-bond acceptors (Lipinski definition) is 3. The Morgan fingerprint density at radius 3 is 2.62 bits per heavy atom. The van der Waals surface area contributed by atoms with Gasteiger partial charge in [-0.2, -0.15) is 0 Å². The predicted molar refractivity (Wildman–Crippen MR) is 61.0 cm³/mol. The van der Waals surface area contributed by atoms with Crippen molar-refractivity contribution >= 4 is 11.7 Å². The van der Waals surface area contributed by atoms with Crippen LogP contribution < -0.4 is 0 Å². The molecule has 1 amide bonds. The minimum Gasteiger partial charge on any atom is -0.343 e. The lowest BCUT2D eigenvalue weighted by Gasteiger charge is -2.43. The van der Waals surface area contributed by atoms with E-state index < -0.39 is 0 Å². The maximum atomic E-state index is 12.2. The van der Waals surface area contributed by atoms with E-state index in [1.165, 1.54) is 0 Å². The Bertz CT molecular complexity index is 299. The highest BCUT2D eigenvalue weighted by Crippen LogP contribution is 2.31. The van der Waals surface area contributed by atoms with E-state index in [1.807, 2.05) is 18.7 Å². The molecule has 3 atom stereocenters. The summed E-state index contributed by atoms with van der Waals surface area (Å²) in [5.41, 5.74) is 0. The predicted octanol–water partition coefficient (Wildman–Crippen LogP) is 0.376. The molecule has 0 aromatic carbocycles. The summed E-state index contributed by atoms with van der Waals surface area (Å²) in [6.07, 6.45) is 0.872. The van der Waals surface area contributed by atoms with Gasteiger partial charge < -0.3 is 4.90 Å². The van der Waals surface area contributed by atoms with Gasteiger partial charge in [-0.25, -0.2) is 0 Å². The molecule has 3 aliphatic rings. The summed E-state index contributed by atoms with van der Waals surface area (Å²) in [5, 5.41) is 0. The van der Waals surface area contributed by atoms with Crippen molar-refractivity contribution < 1.29 is 9.59 Å². The van der Waals surface area contributed by atoms with Crippen molar-refractivity contribution in [2.75, 3.05) is 32.7 Å². The number of carbonyl (C=O) groups is 2. The Hall–Kier alpha value is -0.900. The van der Waals surface area contributed by atoms with E-state index in [0.717, 1.165) is 32.6 Å². The first kappa shape index (κ1) is 11.6. The second-order valence-electron chi connectivity index (χ2n) is 4.71. The largest absolute Gasteiger partial charge is 0.343 e. The fourth-order valence-electron chi connectivity index (χ4n) is 2.91. The minimum absolute atomic E-state index is 0.00176. The van der Waals surface area contributed by atoms with Crippen molar-refractivity contribution in [3.63, 3.8) is 0 Å². The summed E-state index contributed by atoms with van der Waals surface area (Å²) < 4.78 is 0. The molecule has 0 spiro atoms. The molecule has 16 heavy (non-hydrogen) atoms. The minimum atomic E-state index is -0.0742. The fourth-order valence-corrected chi connectivity index (χ4v) is 2.91. The molecule has 0 radical (unpaired) electrons. The van der Waals surface area contributed by atoms with Gasteiger partial charge in [0.25, 0.3) is 0 Å². The normalized spacial score (nSPS) is 32.9. The Labute approximate surface area is 96.6 Å². The van der Waals surface area contributed by atoms with Gasteiger partial charge >= 0.3 is 0 Å². The van der Waals surface area contributed by atoms with Gasteiger partial charge in [0, 0.05) is 25.6 Å². The number of hydrogen-bond donors (Lipinski definition) is 0. The van der Waals surface area contributed by atoms with E-state index in [2.05, 4.69) is 4.90 Å². The lowest BCUT2D eigenvalue weighted by Crippen LogP contribution is -2.57. The van der Waals surface area contributed by atoms with E-state index in [-0.39, 0.29) is 23.5 Å². The second kappa shape index (κ2) is 4.53. The third-order valence-corrected chi connectivity index (χ3v) is 3.88. The van der Waals surface area contributed by atoms with Gasteiger partial charge in [-0.1, -0.05) is 0 Å². The molecule has 0 aliphatic carbocycles. The number of carbonyl (C=O) groups excluding carboxylic acids is 2. The van der Waals surface area contributed by atoms with Gasteiger partial charge in [0.2, 0.25) is 5.91 Å². The fraction of sp³-hybridized carbons (Fsp3) is 0.833. The highest BCUT2D eigenvalue weighted by molar-refractivity contribution is 5.91. The smallest absolute Gasteiger partial charge is 0.227 e. The van der Waals surface area contributed by atoms with Crippen molar-refractivity contribution in [1.29, 1.82) is 0 Å². The number of rotatable bonds is 3. The van der Waals surface area contributed by atoms with E-state index in [1.54, 1.807) is 0 Å². The quantitative estimate of drug-likeness (QED) is 0.695. The van der Waals surface area contributed by atoms with Crippen molar-refractivity contribution in [3.8, 4) is 0 Å². The van der Waals surface area contributed by atoms with Crippen LogP contribution in [0.25, 0.3) is 0 Å². The summed E-state index contributed by atoms with van der Waals surface area (Å²) >= 11 is 0. The molecule has 2 bridgehead atoms. The van der Waals surface area contributed by atoms with Gasteiger partial charge in [-0.05, 0) is 26.8 Å². The molecule has 4 heteroatoms. The molecule has 1 unspecified atom stereocenters. The van der Waals surface area contributed by atoms with Gasteiger partial charge in [0.1, 0.15) is 0 Å². The molecule has 3 aliphatic heterocycles. The van der Waals surface area contributed by atoms with Crippen LogP contribution >= 0.6 is 0 Å². The van der Waals surface area contributed by atoms with Gasteiger partial charge in [0.15, 0.2) is 5.78 Å². The number of Topliss-reactive ketones (excluding diaryl/α,β-unsaturated/α-hetero) is 1. The van der Waals surface area contributed by atoms with E-state index in [9.17, 15) is 9.59 Å². The van der Waals surface area contributed by atoms with Crippen LogP contribution in [-0.2, 0) is 9.59 Å². The van der Waals surface area contributed by atoms with Crippen molar-refractivity contribution in [2.45, 2.75) is 20.3 Å². The first-order valence-corrected chi connectivity index (χ1v) is 6.21. The molecule has 3 saturated heterocycles. The SMILES string of the molecule is CCN(CC)C(=O)[C@@H]1CN2CC[C@@H]1C(=O)C2. The third kappa shape index (κ3) is 1.86. The summed E-state index contributed by atoms with van der Waals surface area (Å²) in [4.78, 5) is 28.0. The zero-order valence-corrected chi connectivity index (χ0v) is 10.1. The molecule has 0 N–H and O–H groups in total. The summed E-state index contributed by atoms with van der Waals surface area (Å²) in [6.45, 7) is 7.80. The topological polar surface area (TPSA) is 40.6 Å². The second-order valence-corrected chi connectivity index (χ2v) is 4.71. The Morgan fingerprint density at radius 1 is 1.44 bits per heavy atom. The maximum Gasteiger partial charge on any atom is 0.227 e. The van der Waals surface area contributed by atoms with E-state index in [4.69, 9.17) is 0 Å². The first-order valence-electron chi connectivity index (χ1n) is 6.21. The van der Waals surface area contributed by atoms with E-state index >= 15 is 0 Å². The molecule has 3 fully saturated rings. The third-order valence-electron chi connectivity index (χ3n) is 3.88. The van der Waals surface area contributed by atoms with Crippen LogP contribution in [-0.4, -0.2) is 54.2 Å². The standard InChI is InChI=1S/C12H20N2O2/c1-3-14(4-2)12(16)10-7-13-6-5-9(10)11(15)8-13/h9-10H,3-8H2,1-2H3/t9-,10+/m0/s1. The number of nitrogens with zero attached hydrogens (tertiary/aromatic N) is 2. The van der Waals surface area contributed by atoms with Crippen molar-refractivity contribution in [2.24, 2.45) is 11.8 Å². The monoisotopic (exact) mass is 224 g/mol. The first-order chi connectivity index (χ1) is 7.67. The molecule has 90 valence electrons. The molecular weight excluding hydrogens is 204 g/mol. The Balaban J connectivity index is 2.10. The summed E-state index contributed by atoms with van der Waals surface area (Å²) in [6, 6.07) is 0. The average Bonchev–Trinajstić information content (AvgIpc) is 2.30.